The lowest BCUT2D eigenvalue weighted by atomic mass is 10.0. The number of nitrogens with one attached hydrogen (secondary N) is 1. The van der Waals surface area contributed by atoms with E-state index in [1.807, 2.05) is 0 Å². The average Bonchev–Trinajstić information content (AvgIpc) is 3.01. The number of aromatic amines is 1. The number of imidazole rings is 1. The summed E-state index contributed by atoms with van der Waals surface area (Å²) in [7, 11) is -4.76. The zero-order chi connectivity index (χ0) is 18.6. The van der Waals surface area contributed by atoms with Gasteiger partial charge >= 0.3 is 7.82 Å². The molecule has 1 saturated heterocycles. The maximum atomic E-state index is 10.8. The zero-order valence-electron chi connectivity index (χ0n) is 12.8. The van der Waals surface area contributed by atoms with E-state index in [-0.39, 0.29) is 16.2 Å². The molecule has 1 aliphatic heterocycles. The minimum Gasteiger partial charge on any atom is -0.387 e. The molecule has 1 fully saturated rings. The van der Waals surface area contributed by atoms with Crippen molar-refractivity contribution < 1.29 is 33.8 Å². The van der Waals surface area contributed by atoms with Crippen LogP contribution in [0.1, 0.15) is 6.92 Å². The Hall–Kier alpha value is -1.44. The molecule has 0 aliphatic carbocycles. The Morgan fingerprint density at radius 3 is 2.88 bits per heavy atom. The van der Waals surface area contributed by atoms with E-state index in [2.05, 4.69) is 19.5 Å². The van der Waals surface area contributed by atoms with Crippen molar-refractivity contribution in [1.82, 2.24) is 19.5 Å². The summed E-state index contributed by atoms with van der Waals surface area (Å²) in [6.45, 7) is 0.831. The number of aliphatic hydroxyl groups is 2. The SMILES string of the molecule is C[C@@]1(n2cnc3c(=S)[nH]c(N)nc32)O[C@H](COP(=O)(O)O)[C@@H](O)[C@H]1O. The standard InChI is InChI=1S/C11H16N5O7PS/c1-11(7(18)6(17)4(23-11)2-22-24(19,20)21)16-3-13-5-8(16)14-10(12)15-9(5)25/h3-4,6-7,17-18H,2H2,1H3,(H2,19,20,21)(H3,12,14,15,25)/t4-,6-,7-,11-/m1/s1. The first kappa shape index (κ1) is 18.4. The third-order valence-corrected chi connectivity index (χ3v) is 4.73. The van der Waals surface area contributed by atoms with E-state index in [4.69, 9.17) is 32.5 Å². The topological polar surface area (TPSA) is 189 Å². The molecule has 2 aromatic heterocycles. The van der Waals surface area contributed by atoms with Gasteiger partial charge in [-0.25, -0.2) is 9.55 Å². The Morgan fingerprint density at radius 1 is 1.56 bits per heavy atom. The fraction of sp³-hybridized carbons (Fsp3) is 0.545. The van der Waals surface area contributed by atoms with E-state index in [0.717, 1.165) is 0 Å². The van der Waals surface area contributed by atoms with Gasteiger partial charge in [0.1, 0.15) is 28.5 Å². The van der Waals surface area contributed by atoms with Crippen molar-refractivity contribution in [3.63, 3.8) is 0 Å². The minimum atomic E-state index is -4.76. The van der Waals surface area contributed by atoms with Crippen molar-refractivity contribution in [3.8, 4) is 0 Å². The van der Waals surface area contributed by atoms with Crippen LogP contribution >= 0.6 is 20.0 Å². The molecule has 3 heterocycles. The van der Waals surface area contributed by atoms with Gasteiger partial charge in [0.25, 0.3) is 0 Å². The summed E-state index contributed by atoms with van der Waals surface area (Å²) in [5.74, 6) is 0.0252. The quantitative estimate of drug-likeness (QED) is 0.275. The van der Waals surface area contributed by atoms with Crippen molar-refractivity contribution in [3.05, 3.63) is 11.0 Å². The van der Waals surface area contributed by atoms with Crippen LogP contribution in [-0.4, -0.2) is 64.4 Å². The monoisotopic (exact) mass is 393 g/mol. The Morgan fingerprint density at radius 2 is 2.24 bits per heavy atom. The molecule has 0 saturated carbocycles. The molecule has 138 valence electrons. The molecule has 0 spiro atoms. The molecule has 14 heteroatoms. The summed E-state index contributed by atoms with van der Waals surface area (Å²) in [4.78, 5) is 28.4. The third-order valence-electron chi connectivity index (χ3n) is 3.95. The predicted octanol–water partition coefficient (Wildman–Crippen LogP) is -1.03. The van der Waals surface area contributed by atoms with E-state index in [9.17, 15) is 14.8 Å². The highest BCUT2D eigenvalue weighted by atomic mass is 32.1. The van der Waals surface area contributed by atoms with E-state index in [1.54, 1.807) is 0 Å². The molecule has 7 N–H and O–H groups in total. The molecular weight excluding hydrogens is 377 g/mol. The number of aromatic nitrogens is 4. The molecular formula is C11H16N5O7PS. The van der Waals surface area contributed by atoms with Crippen molar-refractivity contribution in [1.29, 1.82) is 0 Å². The molecule has 0 bridgehead atoms. The number of anilines is 1. The fourth-order valence-electron chi connectivity index (χ4n) is 2.72. The van der Waals surface area contributed by atoms with E-state index in [0.29, 0.717) is 5.52 Å². The molecule has 25 heavy (non-hydrogen) atoms. The van der Waals surface area contributed by atoms with Gasteiger partial charge in [-0.2, -0.15) is 4.98 Å². The van der Waals surface area contributed by atoms with Gasteiger partial charge in [0, 0.05) is 0 Å². The number of fused-ring (bicyclic) bond motifs is 1. The smallest absolute Gasteiger partial charge is 0.387 e. The van der Waals surface area contributed by atoms with Crippen LogP contribution in [-0.2, 0) is 19.6 Å². The molecule has 1 aliphatic rings. The van der Waals surface area contributed by atoms with E-state index in [1.165, 1.54) is 17.8 Å². The highest BCUT2D eigenvalue weighted by Crippen LogP contribution is 2.41. The number of H-pyrrole nitrogens is 1. The molecule has 3 rings (SSSR count). The summed E-state index contributed by atoms with van der Waals surface area (Å²) in [6.07, 6.45) is -2.82. The first-order valence-corrected chi connectivity index (χ1v) is 8.94. The van der Waals surface area contributed by atoms with Crippen LogP contribution in [0.4, 0.5) is 5.95 Å². The van der Waals surface area contributed by atoms with Crippen LogP contribution in [0, 0.1) is 4.64 Å². The lowest BCUT2D eigenvalue weighted by molar-refractivity contribution is -0.131. The van der Waals surface area contributed by atoms with Crippen LogP contribution in [0.25, 0.3) is 11.2 Å². The number of rotatable bonds is 4. The Labute approximate surface area is 145 Å². The van der Waals surface area contributed by atoms with Crippen LogP contribution in [0.3, 0.4) is 0 Å². The Kier molecular flexibility index (Phi) is 4.46. The maximum absolute atomic E-state index is 10.8. The number of nitrogen functional groups attached to an aromatic ring is 1. The summed E-state index contributed by atoms with van der Waals surface area (Å²) in [6, 6.07) is 0. The van der Waals surface area contributed by atoms with Crippen LogP contribution in [0.5, 0.6) is 0 Å². The van der Waals surface area contributed by atoms with Crippen molar-refractivity contribution in [2.75, 3.05) is 12.3 Å². The second-order valence-corrected chi connectivity index (χ2v) is 7.32. The van der Waals surface area contributed by atoms with Gasteiger partial charge < -0.3 is 35.5 Å². The largest absolute Gasteiger partial charge is 0.469 e. The van der Waals surface area contributed by atoms with Gasteiger partial charge in [-0.15, -0.1) is 0 Å². The van der Waals surface area contributed by atoms with Crippen LogP contribution < -0.4 is 5.73 Å². The molecule has 0 amide bonds. The lowest BCUT2D eigenvalue weighted by Crippen LogP contribution is -2.43. The molecule has 4 atom stereocenters. The van der Waals surface area contributed by atoms with Gasteiger partial charge in [0.2, 0.25) is 5.95 Å². The zero-order valence-corrected chi connectivity index (χ0v) is 14.5. The number of phosphoric ester groups is 1. The second-order valence-electron chi connectivity index (χ2n) is 5.67. The third kappa shape index (κ3) is 3.20. The number of phosphoric acid groups is 1. The van der Waals surface area contributed by atoms with Crippen molar-refractivity contribution >= 4 is 37.2 Å². The molecule has 2 aromatic rings. The fourth-order valence-corrected chi connectivity index (χ4v) is 3.31. The highest BCUT2D eigenvalue weighted by molar-refractivity contribution is 7.71. The summed E-state index contributed by atoms with van der Waals surface area (Å²) < 4.78 is 22.4. The average molecular weight is 393 g/mol. The molecule has 12 nitrogen and oxygen atoms in total. The minimum absolute atomic E-state index is 0.0252. The molecule has 0 aromatic carbocycles. The normalized spacial score (nSPS) is 30.2. The van der Waals surface area contributed by atoms with Gasteiger partial charge in [-0.3, -0.25) is 9.09 Å². The maximum Gasteiger partial charge on any atom is 0.469 e. The Balaban J connectivity index is 1.99. The van der Waals surface area contributed by atoms with Crippen LogP contribution in [0.2, 0.25) is 0 Å². The van der Waals surface area contributed by atoms with Gasteiger partial charge in [0.05, 0.1) is 12.9 Å². The predicted molar refractivity (Wildman–Crippen MR) is 85.7 cm³/mol. The first-order chi connectivity index (χ1) is 11.5. The summed E-state index contributed by atoms with van der Waals surface area (Å²) in [5.41, 5.74) is 4.63. The Bertz CT molecular complexity index is 912. The number of ether oxygens (including phenoxy) is 1. The second kappa shape index (κ2) is 6.07. The van der Waals surface area contributed by atoms with Crippen molar-refractivity contribution in [2.24, 2.45) is 0 Å². The summed E-state index contributed by atoms with van der Waals surface area (Å²) >= 11 is 5.11. The van der Waals surface area contributed by atoms with E-state index >= 15 is 0 Å². The van der Waals surface area contributed by atoms with Gasteiger partial charge in [-0.1, -0.05) is 12.2 Å². The first-order valence-electron chi connectivity index (χ1n) is 7.00. The number of aliphatic hydroxyl groups excluding tert-OH is 2. The molecule has 0 radical (unpaired) electrons. The molecule has 0 unspecified atom stereocenters. The van der Waals surface area contributed by atoms with Gasteiger partial charge in [0.15, 0.2) is 11.4 Å². The summed E-state index contributed by atoms with van der Waals surface area (Å²) in [5, 5.41) is 20.6. The van der Waals surface area contributed by atoms with E-state index < -0.39 is 38.5 Å². The highest BCUT2D eigenvalue weighted by Gasteiger charge is 2.53. The number of nitrogens with two attached hydrogens (primary N) is 1. The lowest BCUT2D eigenvalue weighted by Gasteiger charge is -2.29. The number of nitrogens with zero attached hydrogens (tertiary/aromatic N) is 3. The number of hydrogen-bond acceptors (Lipinski definition) is 9. The van der Waals surface area contributed by atoms with Crippen LogP contribution in [0.15, 0.2) is 6.33 Å². The van der Waals surface area contributed by atoms with Crippen molar-refractivity contribution in [2.45, 2.75) is 31.0 Å². The van der Waals surface area contributed by atoms with Gasteiger partial charge in [-0.05, 0) is 6.92 Å². The number of hydrogen-bond donors (Lipinski definition) is 6.